The Kier molecular flexibility index (Phi) is 4.93. The van der Waals surface area contributed by atoms with Gasteiger partial charge >= 0.3 is 0 Å². The van der Waals surface area contributed by atoms with E-state index < -0.39 is 0 Å². The summed E-state index contributed by atoms with van der Waals surface area (Å²) >= 11 is 0. The van der Waals surface area contributed by atoms with Gasteiger partial charge in [0, 0.05) is 13.1 Å². The summed E-state index contributed by atoms with van der Waals surface area (Å²) in [6, 6.07) is -0.505. The van der Waals surface area contributed by atoms with E-state index in [2.05, 4.69) is 10.6 Å². The predicted molar refractivity (Wildman–Crippen MR) is 66.5 cm³/mol. The van der Waals surface area contributed by atoms with Crippen LogP contribution in [-0.2, 0) is 9.59 Å². The second-order valence-corrected chi connectivity index (χ2v) is 4.98. The number of carbonyl (C=O) groups is 2. The number of likely N-dealkylation sites (tertiary alicyclic amines) is 1. The van der Waals surface area contributed by atoms with Gasteiger partial charge in [0.15, 0.2) is 0 Å². The van der Waals surface area contributed by atoms with Crippen LogP contribution in [0.5, 0.6) is 0 Å². The molecule has 0 aromatic rings. The minimum Gasteiger partial charge on any atom is -0.354 e. The number of hydrogen-bond donors (Lipinski definition) is 2. The van der Waals surface area contributed by atoms with Crippen molar-refractivity contribution in [3.05, 3.63) is 0 Å². The molecule has 1 fully saturated rings. The number of nitrogens with one attached hydrogen (secondary N) is 2. The maximum absolute atomic E-state index is 11.9. The smallest absolute Gasteiger partial charge is 0.242 e. The van der Waals surface area contributed by atoms with Crippen LogP contribution in [0.2, 0.25) is 0 Å². The Morgan fingerprint density at radius 2 is 2.12 bits per heavy atom. The lowest BCUT2D eigenvalue weighted by Crippen LogP contribution is -2.48. The SMILES string of the molecule is CNC1CCN(C(C)C(=O)NCC(C)C)C1=O. The lowest BCUT2D eigenvalue weighted by Gasteiger charge is -2.24. The number of amides is 2. The lowest BCUT2D eigenvalue weighted by molar-refractivity contribution is -0.137. The molecule has 1 aliphatic rings. The van der Waals surface area contributed by atoms with Crippen molar-refractivity contribution in [2.75, 3.05) is 20.1 Å². The molecule has 5 nitrogen and oxygen atoms in total. The maximum atomic E-state index is 11.9. The first-order chi connectivity index (χ1) is 7.97. The normalized spacial score (nSPS) is 22.1. The summed E-state index contributed by atoms with van der Waals surface area (Å²) in [5.74, 6) is 0.383. The van der Waals surface area contributed by atoms with Crippen LogP contribution < -0.4 is 10.6 Å². The third-order valence-electron chi connectivity index (χ3n) is 3.12. The summed E-state index contributed by atoms with van der Waals surface area (Å²) in [7, 11) is 1.77. The summed E-state index contributed by atoms with van der Waals surface area (Å²) in [5, 5.41) is 5.82. The molecule has 0 radical (unpaired) electrons. The zero-order chi connectivity index (χ0) is 13.0. The third-order valence-corrected chi connectivity index (χ3v) is 3.12. The molecule has 1 aliphatic heterocycles. The summed E-state index contributed by atoms with van der Waals surface area (Å²) in [4.78, 5) is 25.4. The molecule has 2 N–H and O–H groups in total. The molecule has 5 heteroatoms. The number of nitrogens with zero attached hydrogens (tertiary/aromatic N) is 1. The van der Waals surface area contributed by atoms with Gasteiger partial charge in [-0.05, 0) is 26.3 Å². The zero-order valence-corrected chi connectivity index (χ0v) is 11.1. The summed E-state index contributed by atoms with van der Waals surface area (Å²) in [5.41, 5.74) is 0. The molecule has 0 aromatic carbocycles. The van der Waals surface area contributed by atoms with E-state index in [4.69, 9.17) is 0 Å². The van der Waals surface area contributed by atoms with Crippen LogP contribution in [0.3, 0.4) is 0 Å². The molecule has 0 saturated carbocycles. The third kappa shape index (κ3) is 3.43. The zero-order valence-electron chi connectivity index (χ0n) is 11.1. The molecule has 1 saturated heterocycles. The lowest BCUT2D eigenvalue weighted by atomic mass is 10.2. The molecule has 17 heavy (non-hydrogen) atoms. The number of rotatable bonds is 5. The number of hydrogen-bond acceptors (Lipinski definition) is 3. The van der Waals surface area contributed by atoms with Crippen molar-refractivity contribution >= 4 is 11.8 Å². The van der Waals surface area contributed by atoms with Crippen molar-refractivity contribution in [3.8, 4) is 0 Å². The average molecular weight is 241 g/mol. The van der Waals surface area contributed by atoms with Gasteiger partial charge in [0.2, 0.25) is 11.8 Å². The van der Waals surface area contributed by atoms with E-state index in [0.717, 1.165) is 6.42 Å². The van der Waals surface area contributed by atoms with Crippen LogP contribution in [-0.4, -0.2) is 48.9 Å². The molecular formula is C12H23N3O2. The Bertz CT molecular complexity index is 291. The van der Waals surface area contributed by atoms with Crippen molar-refractivity contribution < 1.29 is 9.59 Å². The molecule has 98 valence electrons. The van der Waals surface area contributed by atoms with E-state index in [1.54, 1.807) is 18.9 Å². The van der Waals surface area contributed by atoms with Crippen LogP contribution in [0.15, 0.2) is 0 Å². The van der Waals surface area contributed by atoms with Crippen LogP contribution in [0.1, 0.15) is 27.2 Å². The fraction of sp³-hybridized carbons (Fsp3) is 0.833. The topological polar surface area (TPSA) is 61.4 Å². The van der Waals surface area contributed by atoms with Gasteiger partial charge in [0.05, 0.1) is 6.04 Å². The molecule has 0 spiro atoms. The summed E-state index contributed by atoms with van der Waals surface area (Å²) < 4.78 is 0. The molecule has 0 bridgehead atoms. The van der Waals surface area contributed by atoms with Gasteiger partial charge in [0.25, 0.3) is 0 Å². The van der Waals surface area contributed by atoms with E-state index >= 15 is 0 Å². The first-order valence-corrected chi connectivity index (χ1v) is 6.22. The summed E-state index contributed by atoms with van der Waals surface area (Å²) in [6.45, 7) is 7.18. The van der Waals surface area contributed by atoms with Gasteiger partial charge in [-0.15, -0.1) is 0 Å². The Balaban J connectivity index is 2.50. The first kappa shape index (κ1) is 14.0. The minimum absolute atomic E-state index is 0.0275. The van der Waals surface area contributed by atoms with Gasteiger partial charge in [-0.1, -0.05) is 13.8 Å². The average Bonchev–Trinajstić information content (AvgIpc) is 2.66. The highest BCUT2D eigenvalue weighted by molar-refractivity contribution is 5.90. The van der Waals surface area contributed by atoms with Crippen molar-refractivity contribution in [1.82, 2.24) is 15.5 Å². The molecule has 0 aliphatic carbocycles. The van der Waals surface area contributed by atoms with Gasteiger partial charge in [-0.3, -0.25) is 9.59 Å². The van der Waals surface area contributed by atoms with Crippen LogP contribution in [0, 0.1) is 5.92 Å². The molecule has 0 aromatic heterocycles. The largest absolute Gasteiger partial charge is 0.354 e. The second kappa shape index (κ2) is 6.00. The Labute approximate surface area is 103 Å². The molecule has 1 heterocycles. The standard InChI is InChI=1S/C12H23N3O2/c1-8(2)7-14-11(16)9(3)15-6-5-10(13-4)12(15)17/h8-10,13H,5-7H2,1-4H3,(H,14,16). The van der Waals surface area contributed by atoms with Crippen molar-refractivity contribution in [1.29, 1.82) is 0 Å². The van der Waals surface area contributed by atoms with Crippen LogP contribution >= 0.6 is 0 Å². The van der Waals surface area contributed by atoms with Crippen molar-refractivity contribution in [3.63, 3.8) is 0 Å². The van der Waals surface area contributed by atoms with Gasteiger partial charge in [-0.25, -0.2) is 0 Å². The molecule has 1 rings (SSSR count). The van der Waals surface area contributed by atoms with E-state index in [1.807, 2.05) is 13.8 Å². The van der Waals surface area contributed by atoms with E-state index in [-0.39, 0.29) is 23.9 Å². The number of carbonyl (C=O) groups excluding carboxylic acids is 2. The van der Waals surface area contributed by atoms with Gasteiger partial charge in [0.1, 0.15) is 6.04 Å². The number of likely N-dealkylation sites (N-methyl/N-ethyl adjacent to an activating group) is 1. The summed E-state index contributed by atoms with van der Waals surface area (Å²) in [6.07, 6.45) is 0.775. The molecular weight excluding hydrogens is 218 g/mol. The second-order valence-electron chi connectivity index (χ2n) is 4.98. The van der Waals surface area contributed by atoms with E-state index in [9.17, 15) is 9.59 Å². The molecule has 2 amide bonds. The highest BCUT2D eigenvalue weighted by atomic mass is 16.2. The van der Waals surface area contributed by atoms with Crippen LogP contribution in [0.25, 0.3) is 0 Å². The minimum atomic E-state index is -0.375. The predicted octanol–water partition coefficient (Wildman–Crippen LogP) is -0.0326. The van der Waals surface area contributed by atoms with E-state index in [0.29, 0.717) is 19.0 Å². The monoisotopic (exact) mass is 241 g/mol. The van der Waals surface area contributed by atoms with Gasteiger partial charge < -0.3 is 15.5 Å². The van der Waals surface area contributed by atoms with Gasteiger partial charge in [-0.2, -0.15) is 0 Å². The van der Waals surface area contributed by atoms with E-state index in [1.165, 1.54) is 0 Å². The fourth-order valence-electron chi connectivity index (χ4n) is 1.95. The highest BCUT2D eigenvalue weighted by Gasteiger charge is 2.35. The quantitative estimate of drug-likeness (QED) is 0.710. The molecule has 2 atom stereocenters. The Morgan fingerprint density at radius 3 is 2.59 bits per heavy atom. The Morgan fingerprint density at radius 1 is 1.47 bits per heavy atom. The molecule has 2 unspecified atom stereocenters. The van der Waals surface area contributed by atoms with Crippen molar-refractivity contribution in [2.24, 2.45) is 5.92 Å². The Hall–Kier alpha value is -1.10. The van der Waals surface area contributed by atoms with Crippen molar-refractivity contribution in [2.45, 2.75) is 39.3 Å². The fourth-order valence-corrected chi connectivity index (χ4v) is 1.95. The van der Waals surface area contributed by atoms with Crippen LogP contribution in [0.4, 0.5) is 0 Å². The highest BCUT2D eigenvalue weighted by Crippen LogP contribution is 2.14. The maximum Gasteiger partial charge on any atom is 0.242 e. The first-order valence-electron chi connectivity index (χ1n) is 6.22.